The van der Waals surface area contributed by atoms with Gasteiger partial charge in [0.1, 0.15) is 0 Å². The number of nitrogens with one attached hydrogen (secondary N) is 1. The maximum Gasteiger partial charge on any atom is 0.0599 e. The molecule has 1 unspecified atom stereocenters. The lowest BCUT2D eigenvalue weighted by Crippen LogP contribution is -2.23. The molecule has 0 saturated carbocycles. The van der Waals surface area contributed by atoms with Crippen LogP contribution in [0.5, 0.6) is 0 Å². The van der Waals surface area contributed by atoms with Crippen molar-refractivity contribution in [2.45, 2.75) is 17.2 Å². The van der Waals surface area contributed by atoms with E-state index in [9.17, 15) is 0 Å². The third-order valence-electron chi connectivity index (χ3n) is 3.54. The lowest BCUT2D eigenvalue weighted by Gasteiger charge is -2.19. The summed E-state index contributed by atoms with van der Waals surface area (Å²) in [5.74, 6) is 1.06. The maximum atomic E-state index is 3.64. The molecule has 0 amide bonds. The largest absolute Gasteiger partial charge is 0.309 e. The molecular formula is C18H19NS2. The zero-order valence-corrected chi connectivity index (χ0v) is 13.7. The van der Waals surface area contributed by atoms with Crippen molar-refractivity contribution in [2.75, 3.05) is 12.3 Å². The maximum absolute atomic E-state index is 3.64. The standard InChI is InChI=1S/C18H19NS2/c1-2-19-17(13-21-18-11-6-12-20-18)16-10-5-8-14-7-3-4-9-15(14)16/h3-12,17,19H,2,13H2,1H3. The topological polar surface area (TPSA) is 12.0 Å². The first-order chi connectivity index (χ1) is 10.4. The predicted molar refractivity (Wildman–Crippen MR) is 95.4 cm³/mol. The van der Waals surface area contributed by atoms with Gasteiger partial charge in [-0.3, -0.25) is 0 Å². The average Bonchev–Trinajstić information content (AvgIpc) is 3.04. The summed E-state index contributed by atoms with van der Waals surface area (Å²) in [6, 6.07) is 20.0. The minimum Gasteiger partial charge on any atom is -0.309 e. The Bertz CT molecular complexity index is 686. The van der Waals surface area contributed by atoms with Gasteiger partial charge in [0.05, 0.1) is 4.21 Å². The van der Waals surface area contributed by atoms with Crippen molar-refractivity contribution in [3.05, 3.63) is 65.5 Å². The van der Waals surface area contributed by atoms with Crippen LogP contribution in [0.3, 0.4) is 0 Å². The SMILES string of the molecule is CCNC(CSc1cccs1)c1cccc2ccccc12. The van der Waals surface area contributed by atoms with E-state index in [1.807, 2.05) is 23.1 Å². The predicted octanol–water partition coefficient (Wildman–Crippen LogP) is 5.34. The highest BCUT2D eigenvalue weighted by molar-refractivity contribution is 8.01. The summed E-state index contributed by atoms with van der Waals surface area (Å²) in [6.07, 6.45) is 0. The quantitative estimate of drug-likeness (QED) is 0.616. The molecule has 21 heavy (non-hydrogen) atoms. The second kappa shape index (κ2) is 7.12. The Hall–Kier alpha value is -1.29. The highest BCUT2D eigenvalue weighted by Gasteiger charge is 2.13. The minimum absolute atomic E-state index is 0.383. The van der Waals surface area contributed by atoms with Gasteiger partial charge in [0.25, 0.3) is 0 Å². The van der Waals surface area contributed by atoms with E-state index in [-0.39, 0.29) is 0 Å². The summed E-state index contributed by atoms with van der Waals surface area (Å²) in [5, 5.41) is 8.46. The molecule has 1 heterocycles. The lowest BCUT2D eigenvalue weighted by molar-refractivity contribution is 0.610. The zero-order chi connectivity index (χ0) is 14.5. The van der Waals surface area contributed by atoms with E-state index in [2.05, 4.69) is 72.2 Å². The van der Waals surface area contributed by atoms with Crippen LogP contribution in [0.1, 0.15) is 18.5 Å². The molecule has 0 saturated heterocycles. The molecule has 1 aromatic heterocycles. The first kappa shape index (κ1) is 14.6. The van der Waals surface area contributed by atoms with Gasteiger partial charge in [-0.05, 0) is 34.3 Å². The van der Waals surface area contributed by atoms with Crippen LogP contribution in [0, 0.1) is 0 Å². The van der Waals surface area contributed by atoms with Crippen molar-refractivity contribution < 1.29 is 0 Å². The van der Waals surface area contributed by atoms with Crippen LogP contribution in [0.2, 0.25) is 0 Å². The fourth-order valence-corrected chi connectivity index (χ4v) is 4.46. The second-order valence-electron chi connectivity index (χ2n) is 4.92. The number of rotatable bonds is 6. The Balaban J connectivity index is 1.88. The van der Waals surface area contributed by atoms with Gasteiger partial charge in [-0.2, -0.15) is 0 Å². The Morgan fingerprint density at radius 1 is 1.05 bits per heavy atom. The van der Waals surface area contributed by atoms with Crippen LogP contribution in [0.15, 0.2) is 64.2 Å². The number of hydrogen-bond donors (Lipinski definition) is 1. The van der Waals surface area contributed by atoms with Gasteiger partial charge in [0.2, 0.25) is 0 Å². The molecule has 0 aliphatic carbocycles. The van der Waals surface area contributed by atoms with E-state index < -0.39 is 0 Å². The Morgan fingerprint density at radius 2 is 1.90 bits per heavy atom. The smallest absolute Gasteiger partial charge is 0.0599 e. The van der Waals surface area contributed by atoms with Crippen molar-refractivity contribution in [3.8, 4) is 0 Å². The van der Waals surface area contributed by atoms with E-state index in [1.165, 1.54) is 20.5 Å². The van der Waals surface area contributed by atoms with Crippen molar-refractivity contribution in [3.63, 3.8) is 0 Å². The highest BCUT2D eigenvalue weighted by Crippen LogP contribution is 2.31. The molecule has 0 bridgehead atoms. The molecule has 0 spiro atoms. The van der Waals surface area contributed by atoms with E-state index in [0.29, 0.717) is 6.04 Å². The summed E-state index contributed by atoms with van der Waals surface area (Å²) >= 11 is 3.75. The normalized spacial score (nSPS) is 12.6. The number of fused-ring (bicyclic) bond motifs is 1. The third-order valence-corrected chi connectivity index (χ3v) is 5.76. The van der Waals surface area contributed by atoms with Crippen LogP contribution in [-0.4, -0.2) is 12.3 Å². The Kier molecular flexibility index (Phi) is 4.96. The van der Waals surface area contributed by atoms with E-state index >= 15 is 0 Å². The molecule has 108 valence electrons. The van der Waals surface area contributed by atoms with Gasteiger partial charge >= 0.3 is 0 Å². The average molecular weight is 313 g/mol. The van der Waals surface area contributed by atoms with Crippen LogP contribution in [0.4, 0.5) is 0 Å². The summed E-state index contributed by atoms with van der Waals surface area (Å²) in [4.78, 5) is 0. The van der Waals surface area contributed by atoms with Crippen molar-refractivity contribution >= 4 is 33.9 Å². The second-order valence-corrected chi connectivity index (χ2v) is 7.19. The van der Waals surface area contributed by atoms with Crippen molar-refractivity contribution in [1.29, 1.82) is 0 Å². The van der Waals surface area contributed by atoms with Gasteiger partial charge < -0.3 is 5.32 Å². The third kappa shape index (κ3) is 3.49. The number of thiophene rings is 1. The summed E-state index contributed by atoms with van der Waals surface area (Å²) in [7, 11) is 0. The van der Waals surface area contributed by atoms with Crippen LogP contribution < -0.4 is 5.32 Å². The molecule has 0 radical (unpaired) electrons. The van der Waals surface area contributed by atoms with E-state index in [1.54, 1.807) is 0 Å². The Morgan fingerprint density at radius 3 is 2.71 bits per heavy atom. The molecule has 3 heteroatoms. The molecule has 1 N–H and O–H groups in total. The van der Waals surface area contributed by atoms with E-state index in [0.717, 1.165) is 12.3 Å². The van der Waals surface area contributed by atoms with Crippen LogP contribution in [0.25, 0.3) is 10.8 Å². The summed E-state index contributed by atoms with van der Waals surface area (Å²) < 4.78 is 1.39. The first-order valence-electron chi connectivity index (χ1n) is 7.26. The molecular weight excluding hydrogens is 294 g/mol. The number of hydrogen-bond acceptors (Lipinski definition) is 3. The van der Waals surface area contributed by atoms with Crippen LogP contribution in [-0.2, 0) is 0 Å². The van der Waals surface area contributed by atoms with Gasteiger partial charge in [-0.1, -0.05) is 55.5 Å². The molecule has 0 fully saturated rings. The molecule has 0 aliphatic heterocycles. The first-order valence-corrected chi connectivity index (χ1v) is 9.12. The molecule has 3 aromatic rings. The van der Waals surface area contributed by atoms with E-state index in [4.69, 9.17) is 0 Å². The highest BCUT2D eigenvalue weighted by atomic mass is 32.2. The number of thioether (sulfide) groups is 1. The molecule has 3 rings (SSSR count). The summed E-state index contributed by atoms with van der Waals surface area (Å²) in [6.45, 7) is 3.16. The van der Waals surface area contributed by atoms with Gasteiger partial charge in [0.15, 0.2) is 0 Å². The van der Waals surface area contributed by atoms with Crippen LogP contribution >= 0.6 is 23.1 Å². The lowest BCUT2D eigenvalue weighted by atomic mass is 9.99. The molecule has 1 nitrogen and oxygen atoms in total. The van der Waals surface area contributed by atoms with Crippen molar-refractivity contribution in [2.24, 2.45) is 0 Å². The van der Waals surface area contributed by atoms with Gasteiger partial charge in [-0.25, -0.2) is 0 Å². The van der Waals surface area contributed by atoms with Crippen molar-refractivity contribution in [1.82, 2.24) is 5.32 Å². The molecule has 2 aromatic carbocycles. The minimum atomic E-state index is 0.383. The molecule has 0 aliphatic rings. The summed E-state index contributed by atoms with van der Waals surface area (Å²) in [5.41, 5.74) is 1.40. The zero-order valence-electron chi connectivity index (χ0n) is 12.1. The van der Waals surface area contributed by atoms with Gasteiger partial charge in [-0.15, -0.1) is 23.1 Å². The fourth-order valence-electron chi connectivity index (χ4n) is 2.57. The fraction of sp³-hybridized carbons (Fsp3) is 0.222. The molecule has 1 atom stereocenters. The van der Waals surface area contributed by atoms with Gasteiger partial charge in [0, 0.05) is 11.8 Å². The monoisotopic (exact) mass is 313 g/mol. The Labute approximate surface area is 134 Å². The number of benzene rings is 2.